The molecule has 2 aliphatic heterocycles. The summed E-state index contributed by atoms with van der Waals surface area (Å²) in [5.41, 5.74) is 1.07. The second kappa shape index (κ2) is 10.3. The standard InChI is InChI=1S/C27H34F2N8O2/c1-18(39)34-10-6-20(7-11-34)35-14-21(15-35)36-16-23(25(33-36)26(28)29)32-24-5-2-4-22(31-24)19-12-30-37(13-19)27(17-38)8-3-9-27/h2,4-5,12-13,16,20-21,26,38H,3,6-11,14-15,17H2,1H3,(H,31,32). The molecule has 0 radical (unpaired) electrons. The number of aliphatic hydroxyl groups excluding tert-OH is 1. The summed E-state index contributed by atoms with van der Waals surface area (Å²) < 4.78 is 31.3. The van der Waals surface area contributed by atoms with Gasteiger partial charge in [-0.3, -0.25) is 19.1 Å². The first-order chi connectivity index (χ1) is 18.8. The number of alkyl halides is 2. The molecule has 208 valence electrons. The molecule has 10 nitrogen and oxygen atoms in total. The molecule has 3 aromatic heterocycles. The number of nitrogens with one attached hydrogen (secondary N) is 1. The van der Waals surface area contributed by atoms with E-state index < -0.39 is 6.43 Å². The second-order valence-electron chi connectivity index (χ2n) is 11.0. The lowest BCUT2D eigenvalue weighted by Gasteiger charge is -2.47. The van der Waals surface area contributed by atoms with Gasteiger partial charge in [-0.25, -0.2) is 13.8 Å². The van der Waals surface area contributed by atoms with Gasteiger partial charge in [0, 0.05) is 57.1 Å². The van der Waals surface area contributed by atoms with Crippen molar-refractivity contribution in [3.63, 3.8) is 0 Å². The molecule has 0 bridgehead atoms. The second-order valence-corrected chi connectivity index (χ2v) is 11.0. The van der Waals surface area contributed by atoms with Crippen LogP contribution in [0, 0.1) is 0 Å². The van der Waals surface area contributed by atoms with E-state index in [1.54, 1.807) is 30.1 Å². The summed E-state index contributed by atoms with van der Waals surface area (Å²) >= 11 is 0. The minimum Gasteiger partial charge on any atom is -0.394 e. The summed E-state index contributed by atoms with van der Waals surface area (Å²) in [5, 5.41) is 21.6. The van der Waals surface area contributed by atoms with Gasteiger partial charge < -0.3 is 15.3 Å². The van der Waals surface area contributed by atoms with E-state index in [2.05, 4.69) is 25.4 Å². The number of hydrogen-bond acceptors (Lipinski definition) is 7. The number of carbonyl (C=O) groups is 1. The Kier molecular flexibility index (Phi) is 6.84. The molecule has 3 aliphatic rings. The number of pyridine rings is 1. The first-order valence-electron chi connectivity index (χ1n) is 13.6. The Labute approximate surface area is 225 Å². The monoisotopic (exact) mass is 540 g/mol. The van der Waals surface area contributed by atoms with Crippen molar-refractivity contribution in [3.05, 3.63) is 42.5 Å². The molecule has 1 saturated carbocycles. The lowest BCUT2D eigenvalue weighted by atomic mass is 9.77. The van der Waals surface area contributed by atoms with Gasteiger partial charge in [0.2, 0.25) is 5.91 Å². The average Bonchev–Trinajstić information content (AvgIpc) is 3.52. The molecule has 1 amide bonds. The minimum absolute atomic E-state index is 0.0272. The van der Waals surface area contributed by atoms with Crippen molar-refractivity contribution < 1.29 is 18.7 Å². The molecule has 5 heterocycles. The number of anilines is 2. The number of likely N-dealkylation sites (tertiary alicyclic amines) is 2. The highest BCUT2D eigenvalue weighted by Crippen LogP contribution is 2.39. The third kappa shape index (κ3) is 4.91. The number of carbonyl (C=O) groups excluding carboxylic acids is 1. The Hall–Kier alpha value is -3.38. The van der Waals surface area contributed by atoms with E-state index in [1.165, 1.54) is 0 Å². The first-order valence-corrected chi connectivity index (χ1v) is 13.6. The maximum absolute atomic E-state index is 13.9. The third-order valence-electron chi connectivity index (χ3n) is 8.61. The number of nitrogens with zero attached hydrogens (tertiary/aromatic N) is 7. The van der Waals surface area contributed by atoms with Crippen LogP contribution in [-0.4, -0.2) is 84.2 Å². The van der Waals surface area contributed by atoms with E-state index in [0.29, 0.717) is 17.6 Å². The highest BCUT2D eigenvalue weighted by molar-refractivity contribution is 5.73. The summed E-state index contributed by atoms with van der Waals surface area (Å²) in [6.07, 6.45) is 7.23. The van der Waals surface area contributed by atoms with Gasteiger partial charge in [0.1, 0.15) is 5.82 Å². The third-order valence-corrected chi connectivity index (χ3v) is 8.61. The van der Waals surface area contributed by atoms with E-state index in [-0.39, 0.29) is 35.5 Å². The molecule has 0 atom stereocenters. The van der Waals surface area contributed by atoms with Crippen molar-refractivity contribution >= 4 is 17.4 Å². The van der Waals surface area contributed by atoms with E-state index in [4.69, 9.17) is 0 Å². The summed E-state index contributed by atoms with van der Waals surface area (Å²) in [4.78, 5) is 20.5. The maximum atomic E-state index is 13.9. The topological polar surface area (TPSA) is 104 Å². The van der Waals surface area contributed by atoms with Crippen LogP contribution >= 0.6 is 0 Å². The van der Waals surface area contributed by atoms with E-state index >= 15 is 0 Å². The molecule has 3 aromatic rings. The number of hydrogen-bond donors (Lipinski definition) is 2. The van der Waals surface area contributed by atoms with Crippen molar-refractivity contribution in [2.24, 2.45) is 0 Å². The van der Waals surface area contributed by atoms with Crippen LogP contribution in [-0.2, 0) is 10.3 Å². The van der Waals surface area contributed by atoms with Crippen LogP contribution in [0.5, 0.6) is 0 Å². The van der Waals surface area contributed by atoms with Crippen LogP contribution in [0.3, 0.4) is 0 Å². The van der Waals surface area contributed by atoms with Crippen molar-refractivity contribution in [2.75, 3.05) is 38.1 Å². The summed E-state index contributed by atoms with van der Waals surface area (Å²) in [6, 6.07) is 5.84. The van der Waals surface area contributed by atoms with Crippen LogP contribution in [0.2, 0.25) is 0 Å². The Morgan fingerprint density at radius 1 is 1.18 bits per heavy atom. The lowest BCUT2D eigenvalue weighted by molar-refractivity contribution is -0.130. The van der Waals surface area contributed by atoms with Gasteiger partial charge in [-0.2, -0.15) is 10.2 Å². The quantitative estimate of drug-likeness (QED) is 0.450. The van der Waals surface area contributed by atoms with Gasteiger partial charge in [0.05, 0.1) is 35.8 Å². The Balaban J connectivity index is 1.13. The van der Waals surface area contributed by atoms with Crippen molar-refractivity contribution in [1.29, 1.82) is 0 Å². The van der Waals surface area contributed by atoms with Crippen LogP contribution in [0.1, 0.15) is 57.2 Å². The molecule has 12 heteroatoms. The van der Waals surface area contributed by atoms with Crippen molar-refractivity contribution in [1.82, 2.24) is 34.3 Å². The van der Waals surface area contributed by atoms with Gasteiger partial charge in [-0.05, 0) is 44.2 Å². The zero-order chi connectivity index (χ0) is 27.1. The van der Waals surface area contributed by atoms with Crippen LogP contribution in [0.25, 0.3) is 11.3 Å². The van der Waals surface area contributed by atoms with Gasteiger partial charge in [-0.1, -0.05) is 6.07 Å². The molecule has 2 saturated heterocycles. The number of piperidine rings is 1. The molecular formula is C27H34F2N8O2. The number of aliphatic hydroxyl groups is 1. The SMILES string of the molecule is CC(=O)N1CCC(N2CC(n3cc(Nc4cccc(-c5cnn(C6(CO)CCC6)c5)n4)c(C(F)F)n3)C2)CC1. The first kappa shape index (κ1) is 25.9. The molecule has 0 aromatic carbocycles. The average molecular weight is 541 g/mol. The highest BCUT2D eigenvalue weighted by Gasteiger charge is 2.39. The van der Waals surface area contributed by atoms with Crippen LogP contribution < -0.4 is 5.32 Å². The van der Waals surface area contributed by atoms with Crippen LogP contribution in [0.15, 0.2) is 36.8 Å². The molecule has 3 fully saturated rings. The zero-order valence-electron chi connectivity index (χ0n) is 22.0. The van der Waals surface area contributed by atoms with Gasteiger partial charge in [0.25, 0.3) is 6.43 Å². The van der Waals surface area contributed by atoms with Gasteiger partial charge in [0.15, 0.2) is 5.69 Å². The van der Waals surface area contributed by atoms with Gasteiger partial charge >= 0.3 is 0 Å². The number of aromatic nitrogens is 5. The van der Waals surface area contributed by atoms with Crippen molar-refractivity contribution in [3.8, 4) is 11.3 Å². The smallest absolute Gasteiger partial charge is 0.284 e. The maximum Gasteiger partial charge on any atom is 0.284 e. The molecule has 2 N–H and O–H groups in total. The van der Waals surface area contributed by atoms with E-state index in [9.17, 15) is 18.7 Å². The predicted molar refractivity (Wildman–Crippen MR) is 141 cm³/mol. The van der Waals surface area contributed by atoms with E-state index in [1.807, 2.05) is 27.9 Å². The summed E-state index contributed by atoms with van der Waals surface area (Å²) in [7, 11) is 0. The molecule has 0 unspecified atom stereocenters. The predicted octanol–water partition coefficient (Wildman–Crippen LogP) is 3.56. The Morgan fingerprint density at radius 3 is 2.59 bits per heavy atom. The number of halogens is 2. The van der Waals surface area contributed by atoms with E-state index in [0.717, 1.165) is 63.8 Å². The minimum atomic E-state index is -2.72. The molecular weight excluding hydrogens is 506 g/mol. The fourth-order valence-corrected chi connectivity index (χ4v) is 5.91. The molecule has 1 aliphatic carbocycles. The summed E-state index contributed by atoms with van der Waals surface area (Å²) in [6.45, 7) is 4.68. The summed E-state index contributed by atoms with van der Waals surface area (Å²) in [5.74, 6) is 0.555. The highest BCUT2D eigenvalue weighted by atomic mass is 19.3. The normalized spacial score (nSPS) is 20.2. The molecule has 39 heavy (non-hydrogen) atoms. The Morgan fingerprint density at radius 2 is 1.95 bits per heavy atom. The Bertz CT molecular complexity index is 1320. The van der Waals surface area contributed by atoms with Crippen molar-refractivity contribution in [2.45, 2.75) is 63.1 Å². The number of amides is 1. The van der Waals surface area contributed by atoms with Crippen LogP contribution in [0.4, 0.5) is 20.3 Å². The molecule has 0 spiro atoms. The largest absolute Gasteiger partial charge is 0.394 e. The van der Waals surface area contributed by atoms with Gasteiger partial charge in [-0.15, -0.1) is 0 Å². The fourth-order valence-electron chi connectivity index (χ4n) is 5.91. The fraction of sp³-hybridized carbons (Fsp3) is 0.556. The lowest BCUT2D eigenvalue weighted by Crippen LogP contribution is -2.56. The zero-order valence-corrected chi connectivity index (χ0v) is 22.0. The number of rotatable bonds is 8. The molecule has 6 rings (SSSR count).